The summed E-state index contributed by atoms with van der Waals surface area (Å²) in [6, 6.07) is 0. The summed E-state index contributed by atoms with van der Waals surface area (Å²) in [5.74, 6) is 0. The predicted octanol–water partition coefficient (Wildman–Crippen LogP) is -4.26. The van der Waals surface area contributed by atoms with Gasteiger partial charge in [0, 0.05) is 0 Å². The number of hydrogen-bond donors (Lipinski definition) is 0. The van der Waals surface area contributed by atoms with Crippen LogP contribution in [0, 0.1) is 0 Å². The standard InChI is InChI=1S/3Mg.H3O4P.H2O.O/c;;;1-5(2,3)4;;/h;;;(H3,1,2,3,4);1H2;/q3*+2;;;-2/p-4. The molecule has 48 valence electrons. The van der Waals surface area contributed by atoms with Crippen LogP contribution in [0.5, 0.6) is 0 Å². The Morgan fingerprint density at radius 2 is 0.900 bits per heavy atom. The normalized spacial score (nSPS) is 5.90. The van der Waals surface area contributed by atoms with Gasteiger partial charge in [-0.3, -0.25) is 0 Å². The molecule has 6 nitrogen and oxygen atoms in total. The van der Waals surface area contributed by atoms with Crippen LogP contribution in [0.4, 0.5) is 0 Å². The Kier molecular flexibility index (Phi) is 68.8. The quantitative estimate of drug-likeness (QED) is 0.287. The number of rotatable bonds is 0. The van der Waals surface area contributed by atoms with Gasteiger partial charge < -0.3 is 30.2 Å². The van der Waals surface area contributed by atoms with Crippen molar-refractivity contribution in [2.75, 3.05) is 0 Å². The Morgan fingerprint density at radius 3 is 0.900 bits per heavy atom. The fourth-order valence-electron chi connectivity index (χ4n) is 0. The Labute approximate surface area is 106 Å². The second-order valence-electron chi connectivity index (χ2n) is 0.447. The maximum atomic E-state index is 8.55. The van der Waals surface area contributed by atoms with E-state index in [1.807, 2.05) is 0 Å². The summed E-state index contributed by atoms with van der Waals surface area (Å²) in [5.41, 5.74) is 0. The van der Waals surface area contributed by atoms with Crippen LogP contribution in [-0.2, 0) is 10.0 Å². The Hall–Kier alpha value is 2.33. The van der Waals surface area contributed by atoms with Crippen LogP contribution < -0.4 is 14.7 Å². The third kappa shape index (κ3) is 166. The third-order valence-electron chi connectivity index (χ3n) is 0. The van der Waals surface area contributed by atoms with E-state index in [4.69, 9.17) is 19.2 Å². The van der Waals surface area contributed by atoms with Gasteiger partial charge in [0.25, 0.3) is 0 Å². The number of hydrogen-bond acceptors (Lipinski definition) is 5. The molecule has 0 aromatic carbocycles. The molecule has 0 heterocycles. The molecule has 0 saturated carbocycles. The molecule has 0 unspecified atom stereocenters. The summed E-state index contributed by atoms with van der Waals surface area (Å²) in [4.78, 5) is 25.6. The van der Waals surface area contributed by atoms with Gasteiger partial charge in [0.2, 0.25) is 0 Å². The van der Waals surface area contributed by atoms with Gasteiger partial charge >= 0.3 is 69.2 Å². The molecule has 0 saturated heterocycles. The van der Waals surface area contributed by atoms with E-state index < -0.39 is 7.82 Å². The van der Waals surface area contributed by atoms with Crippen LogP contribution in [0.1, 0.15) is 0 Å². The van der Waals surface area contributed by atoms with Crippen molar-refractivity contribution in [3.8, 4) is 0 Å². The van der Waals surface area contributed by atoms with Crippen molar-refractivity contribution in [2.24, 2.45) is 0 Å². The molecule has 0 fully saturated rings. The Bertz CT molecular complexity index is 59.1. The van der Waals surface area contributed by atoms with Gasteiger partial charge in [-0.05, 0) is 0 Å². The number of phosphoric acid groups is 1. The van der Waals surface area contributed by atoms with E-state index in [1.54, 1.807) is 0 Å². The average Bonchev–Trinajstić information content (AvgIpc) is 0.722. The van der Waals surface area contributed by atoms with Gasteiger partial charge in [0.15, 0.2) is 0 Å². The molecule has 0 spiro atoms. The molecule has 10 heavy (non-hydrogen) atoms. The minimum atomic E-state index is -5.39. The molecule has 0 aliphatic rings. The summed E-state index contributed by atoms with van der Waals surface area (Å²) in [5, 5.41) is 0. The first-order valence-corrected chi connectivity index (χ1v) is 2.19. The smallest absolute Gasteiger partial charge is 2.00 e. The monoisotopic (exact) mass is 200 g/mol. The summed E-state index contributed by atoms with van der Waals surface area (Å²) in [6.07, 6.45) is 0. The SMILES string of the molecule is O=P([O-])([O-])[O-].[Mg+2].[Mg+2].[Mg+2].[O-2].[OH-]. The zero-order chi connectivity index (χ0) is 4.50. The van der Waals surface area contributed by atoms with Gasteiger partial charge in [-0.25, -0.2) is 0 Å². The molecule has 10 heteroatoms. The van der Waals surface area contributed by atoms with E-state index in [2.05, 4.69) is 0 Å². The summed E-state index contributed by atoms with van der Waals surface area (Å²) < 4.78 is 8.55. The molecule has 1 N–H and O–H groups in total. The van der Waals surface area contributed by atoms with E-state index in [0.29, 0.717) is 0 Å². The molecular formula is HMg3O6P. The molecule has 0 aliphatic heterocycles. The van der Waals surface area contributed by atoms with Crippen molar-refractivity contribution in [1.82, 2.24) is 0 Å². The molecule has 0 radical (unpaired) electrons. The largest absolute Gasteiger partial charge is 2.00 e. The van der Waals surface area contributed by atoms with Crippen LogP contribution in [0.15, 0.2) is 0 Å². The van der Waals surface area contributed by atoms with E-state index in [0.717, 1.165) is 0 Å². The molecule has 0 aromatic rings. The van der Waals surface area contributed by atoms with Crippen molar-refractivity contribution >= 4 is 77.0 Å². The van der Waals surface area contributed by atoms with Crippen molar-refractivity contribution in [1.29, 1.82) is 0 Å². The minimum absolute atomic E-state index is 0. The molecule has 0 aromatic heterocycles. The summed E-state index contributed by atoms with van der Waals surface area (Å²) in [7, 11) is -5.39. The summed E-state index contributed by atoms with van der Waals surface area (Å²) >= 11 is 0. The van der Waals surface area contributed by atoms with Crippen molar-refractivity contribution in [2.45, 2.75) is 0 Å². The third-order valence-corrected chi connectivity index (χ3v) is 0. The van der Waals surface area contributed by atoms with Crippen LogP contribution in [0.25, 0.3) is 0 Å². The summed E-state index contributed by atoms with van der Waals surface area (Å²) in [6.45, 7) is 0. The zero-order valence-corrected chi connectivity index (χ0v) is 10.2. The molecule has 0 aliphatic carbocycles. The van der Waals surface area contributed by atoms with Crippen molar-refractivity contribution in [3.63, 3.8) is 0 Å². The van der Waals surface area contributed by atoms with Crippen molar-refractivity contribution < 1.29 is 30.2 Å². The van der Waals surface area contributed by atoms with Crippen LogP contribution in [0.2, 0.25) is 0 Å². The maximum Gasteiger partial charge on any atom is 2.00 e. The van der Waals surface area contributed by atoms with Gasteiger partial charge in [-0.2, -0.15) is 7.82 Å². The van der Waals surface area contributed by atoms with Gasteiger partial charge in [0.05, 0.1) is 0 Å². The Morgan fingerprint density at radius 1 is 0.900 bits per heavy atom. The molecule has 0 bridgehead atoms. The predicted molar refractivity (Wildman–Crippen MR) is 27.5 cm³/mol. The maximum absolute atomic E-state index is 8.55. The first-order chi connectivity index (χ1) is 2.00. The van der Waals surface area contributed by atoms with E-state index in [1.165, 1.54) is 0 Å². The molecular weight excluding hydrogens is 200 g/mol. The molecule has 0 atom stereocenters. The zero-order valence-electron chi connectivity index (χ0n) is 5.06. The molecule has 0 rings (SSSR count). The minimum Gasteiger partial charge on any atom is -2.00 e. The topological polar surface area (TPSA) is 145 Å². The Balaban J connectivity index is -0.00000000800. The second-order valence-corrected chi connectivity index (χ2v) is 1.34. The fourth-order valence-corrected chi connectivity index (χ4v) is 0. The van der Waals surface area contributed by atoms with E-state index in [9.17, 15) is 0 Å². The van der Waals surface area contributed by atoms with Gasteiger partial charge in [0.1, 0.15) is 0 Å². The van der Waals surface area contributed by atoms with Crippen LogP contribution in [-0.4, -0.2) is 74.6 Å². The van der Waals surface area contributed by atoms with E-state index in [-0.39, 0.29) is 80.1 Å². The van der Waals surface area contributed by atoms with Gasteiger partial charge in [-0.15, -0.1) is 0 Å². The fraction of sp³-hybridized carbons (Fsp3) is 0. The molecule has 0 amide bonds. The second kappa shape index (κ2) is 17.4. The van der Waals surface area contributed by atoms with Crippen molar-refractivity contribution in [3.05, 3.63) is 0 Å². The van der Waals surface area contributed by atoms with E-state index >= 15 is 0 Å². The van der Waals surface area contributed by atoms with Crippen LogP contribution >= 0.6 is 7.82 Å². The van der Waals surface area contributed by atoms with Gasteiger partial charge in [-0.1, -0.05) is 0 Å². The van der Waals surface area contributed by atoms with Crippen LogP contribution in [0.3, 0.4) is 0 Å². The first-order valence-electron chi connectivity index (χ1n) is 0.730. The average molecular weight is 201 g/mol. The first kappa shape index (κ1) is 39.5.